The Morgan fingerprint density at radius 3 is 1.81 bits per heavy atom. The predicted molar refractivity (Wildman–Crippen MR) is 184 cm³/mol. The van der Waals surface area contributed by atoms with Crippen LogP contribution in [0.3, 0.4) is 0 Å². The van der Waals surface area contributed by atoms with Crippen molar-refractivity contribution in [2.24, 2.45) is 0 Å². The molecule has 0 fully saturated rings. The zero-order chi connectivity index (χ0) is 30.9. The van der Waals surface area contributed by atoms with Crippen LogP contribution in [-0.4, -0.2) is 19.9 Å². The molecule has 0 bridgehead atoms. The lowest BCUT2D eigenvalue weighted by atomic mass is 10.0. The number of aromatic nitrogens is 4. The van der Waals surface area contributed by atoms with Crippen LogP contribution in [0.25, 0.3) is 101 Å². The second kappa shape index (κ2) is 9.95. The van der Waals surface area contributed by atoms with Crippen molar-refractivity contribution in [3.63, 3.8) is 0 Å². The molecule has 0 aliphatic heterocycles. The summed E-state index contributed by atoms with van der Waals surface area (Å²) < 4.78 is 18.8. The Balaban J connectivity index is 1.15. The number of hydrogen-bond donors (Lipinski definition) is 0. The van der Waals surface area contributed by atoms with E-state index in [1.807, 2.05) is 121 Å². The average molecular weight is 607 g/mol. The molecular weight excluding hydrogens is 584 g/mol. The molecule has 0 amide bonds. The third kappa shape index (κ3) is 4.14. The van der Waals surface area contributed by atoms with E-state index < -0.39 is 0 Å². The maximum Gasteiger partial charge on any atom is 0.227 e. The summed E-state index contributed by atoms with van der Waals surface area (Å²) in [7, 11) is 0. The molecule has 0 unspecified atom stereocenters. The molecular formula is C40H22N4O3. The first kappa shape index (κ1) is 25.7. The summed E-state index contributed by atoms with van der Waals surface area (Å²) in [5, 5.41) is 3.87. The van der Waals surface area contributed by atoms with E-state index in [1.165, 1.54) is 0 Å². The van der Waals surface area contributed by atoms with E-state index >= 15 is 0 Å². The van der Waals surface area contributed by atoms with Gasteiger partial charge < -0.3 is 13.3 Å². The number of fused-ring (bicyclic) bond motifs is 7. The Labute approximate surface area is 266 Å². The molecule has 4 aromatic heterocycles. The van der Waals surface area contributed by atoms with Crippen molar-refractivity contribution >= 4 is 55.0 Å². The number of hydrogen-bond acceptors (Lipinski definition) is 7. The van der Waals surface area contributed by atoms with Gasteiger partial charge in [-0.05, 0) is 36.4 Å². The van der Waals surface area contributed by atoms with Crippen LogP contribution in [-0.2, 0) is 0 Å². The van der Waals surface area contributed by atoms with E-state index in [1.54, 1.807) is 0 Å². The van der Waals surface area contributed by atoms with Gasteiger partial charge in [0.15, 0.2) is 23.1 Å². The van der Waals surface area contributed by atoms with Gasteiger partial charge >= 0.3 is 0 Å². The summed E-state index contributed by atoms with van der Waals surface area (Å²) in [6, 6.07) is 43.8. The van der Waals surface area contributed by atoms with Gasteiger partial charge in [0, 0.05) is 49.9 Å². The summed E-state index contributed by atoms with van der Waals surface area (Å²) in [6.07, 6.45) is 0. The van der Waals surface area contributed by atoms with E-state index in [2.05, 4.69) is 12.1 Å². The van der Waals surface area contributed by atoms with E-state index in [4.69, 9.17) is 33.2 Å². The number of oxazole rings is 1. The lowest BCUT2D eigenvalue weighted by Crippen LogP contribution is -2.00. The predicted octanol–water partition coefficient (Wildman–Crippen LogP) is 10.5. The van der Waals surface area contributed by atoms with Crippen LogP contribution < -0.4 is 0 Å². The van der Waals surface area contributed by atoms with Crippen molar-refractivity contribution < 1.29 is 13.3 Å². The van der Waals surface area contributed by atoms with Gasteiger partial charge in [-0.25, -0.2) is 19.9 Å². The summed E-state index contributed by atoms with van der Waals surface area (Å²) in [4.78, 5) is 19.7. The first-order chi connectivity index (χ1) is 23.2. The third-order valence-corrected chi connectivity index (χ3v) is 8.57. The zero-order valence-electron chi connectivity index (χ0n) is 24.7. The number of rotatable bonds is 4. The standard InChI is InChI=1S/C40H22N4O3/c1-3-10-23(11-4-1)37-42-38(24-12-5-2-6-13-24)44-39(43-37)27-15-9-17-33-36(27)29-21-35-30(22-34(29)46-33)41-40(47-35)25-18-19-32-28(20-25)26-14-7-8-16-31(26)45-32/h1-22H. The Morgan fingerprint density at radius 2 is 1.02 bits per heavy atom. The van der Waals surface area contributed by atoms with Crippen LogP contribution in [0.15, 0.2) is 147 Å². The minimum atomic E-state index is 0.529. The highest BCUT2D eigenvalue weighted by Crippen LogP contribution is 2.39. The summed E-state index contributed by atoms with van der Waals surface area (Å²) >= 11 is 0. The van der Waals surface area contributed by atoms with Crippen LogP contribution in [0.2, 0.25) is 0 Å². The van der Waals surface area contributed by atoms with Crippen molar-refractivity contribution in [1.82, 2.24) is 19.9 Å². The molecule has 0 spiro atoms. The summed E-state index contributed by atoms with van der Waals surface area (Å²) in [5.41, 5.74) is 8.02. The van der Waals surface area contributed by atoms with Gasteiger partial charge in [0.05, 0.1) is 0 Å². The van der Waals surface area contributed by atoms with Gasteiger partial charge in [-0.3, -0.25) is 0 Å². The van der Waals surface area contributed by atoms with Crippen molar-refractivity contribution in [2.75, 3.05) is 0 Å². The smallest absolute Gasteiger partial charge is 0.227 e. The molecule has 10 rings (SSSR count). The highest BCUT2D eigenvalue weighted by molar-refractivity contribution is 6.14. The minimum Gasteiger partial charge on any atom is -0.456 e. The Hall–Kier alpha value is -6.60. The fourth-order valence-corrected chi connectivity index (χ4v) is 6.34. The van der Waals surface area contributed by atoms with Gasteiger partial charge in [0.25, 0.3) is 0 Å². The van der Waals surface area contributed by atoms with E-state index in [9.17, 15) is 0 Å². The zero-order valence-corrected chi connectivity index (χ0v) is 24.7. The largest absolute Gasteiger partial charge is 0.456 e. The molecule has 0 saturated heterocycles. The van der Waals surface area contributed by atoms with Crippen molar-refractivity contribution in [2.45, 2.75) is 0 Å². The van der Waals surface area contributed by atoms with Crippen molar-refractivity contribution in [1.29, 1.82) is 0 Å². The fraction of sp³-hybridized carbons (Fsp3) is 0. The third-order valence-electron chi connectivity index (χ3n) is 8.57. The maximum absolute atomic E-state index is 6.40. The molecule has 0 saturated carbocycles. The van der Waals surface area contributed by atoms with Crippen molar-refractivity contribution in [3.8, 4) is 45.6 Å². The molecule has 0 radical (unpaired) electrons. The highest BCUT2D eigenvalue weighted by Gasteiger charge is 2.20. The second-order valence-electron chi connectivity index (χ2n) is 11.5. The van der Waals surface area contributed by atoms with Crippen LogP contribution in [0.1, 0.15) is 0 Å². The molecule has 4 heterocycles. The second-order valence-corrected chi connectivity index (χ2v) is 11.5. The fourth-order valence-electron chi connectivity index (χ4n) is 6.34. The maximum atomic E-state index is 6.40. The quantitative estimate of drug-likeness (QED) is 0.197. The Kier molecular flexibility index (Phi) is 5.44. The highest BCUT2D eigenvalue weighted by atomic mass is 16.4. The molecule has 0 aliphatic carbocycles. The van der Waals surface area contributed by atoms with Crippen LogP contribution in [0.5, 0.6) is 0 Å². The molecule has 220 valence electrons. The lowest BCUT2D eigenvalue weighted by Gasteiger charge is -2.09. The molecule has 0 aliphatic rings. The summed E-state index contributed by atoms with van der Waals surface area (Å²) in [5.74, 6) is 2.29. The van der Waals surface area contributed by atoms with Crippen LogP contribution in [0, 0.1) is 0 Å². The number of furan rings is 2. The van der Waals surface area contributed by atoms with Gasteiger partial charge in [0.1, 0.15) is 27.8 Å². The summed E-state index contributed by atoms with van der Waals surface area (Å²) in [6.45, 7) is 0. The van der Waals surface area contributed by atoms with Crippen LogP contribution >= 0.6 is 0 Å². The number of para-hydroxylation sites is 1. The molecule has 47 heavy (non-hydrogen) atoms. The minimum absolute atomic E-state index is 0.529. The van der Waals surface area contributed by atoms with Crippen molar-refractivity contribution in [3.05, 3.63) is 133 Å². The topological polar surface area (TPSA) is 91.0 Å². The van der Waals surface area contributed by atoms with Gasteiger partial charge in [-0.15, -0.1) is 0 Å². The first-order valence-corrected chi connectivity index (χ1v) is 15.3. The SMILES string of the molecule is c1ccc(-c2nc(-c3ccccc3)nc(-c3cccc4oc5cc6nc(-c7ccc8oc9ccccc9c8c7)oc6cc5c34)n2)cc1. The van der Waals surface area contributed by atoms with E-state index in [-0.39, 0.29) is 0 Å². The average Bonchev–Trinajstić information content (AvgIpc) is 3.83. The Bertz CT molecular complexity index is 2740. The van der Waals surface area contributed by atoms with Crippen LogP contribution in [0.4, 0.5) is 0 Å². The first-order valence-electron chi connectivity index (χ1n) is 15.3. The van der Waals surface area contributed by atoms with Gasteiger partial charge in [0.2, 0.25) is 5.89 Å². The molecule has 7 nitrogen and oxygen atoms in total. The number of nitrogens with zero attached hydrogens (tertiary/aromatic N) is 4. The monoisotopic (exact) mass is 606 g/mol. The molecule has 0 N–H and O–H groups in total. The van der Waals surface area contributed by atoms with E-state index in [0.29, 0.717) is 40.0 Å². The van der Waals surface area contributed by atoms with Gasteiger partial charge in [-0.2, -0.15) is 0 Å². The number of benzene rings is 6. The lowest BCUT2D eigenvalue weighted by molar-refractivity contribution is 0.620. The molecule has 7 heteroatoms. The normalized spacial score (nSPS) is 11.8. The van der Waals surface area contributed by atoms with Gasteiger partial charge in [-0.1, -0.05) is 91.0 Å². The van der Waals surface area contributed by atoms with E-state index in [0.717, 1.165) is 60.5 Å². The Morgan fingerprint density at radius 1 is 0.362 bits per heavy atom. The molecule has 10 aromatic rings. The molecule has 6 aromatic carbocycles. The molecule has 0 atom stereocenters.